The van der Waals surface area contributed by atoms with Gasteiger partial charge in [-0.25, -0.2) is 4.79 Å². The number of carbonyl (C=O) groups excluding carboxylic acids is 10. The maximum absolute atomic E-state index is 14.7. The van der Waals surface area contributed by atoms with E-state index in [0.29, 0.717) is 29.4 Å². The van der Waals surface area contributed by atoms with Crippen molar-refractivity contribution in [1.29, 1.82) is 0 Å². The minimum atomic E-state index is -1.89. The predicted octanol–water partition coefficient (Wildman–Crippen LogP) is -3.89. The Hall–Kier alpha value is -8.24. The van der Waals surface area contributed by atoms with Gasteiger partial charge in [0.05, 0.1) is 19.1 Å². The molecule has 21 N–H and O–H groups in total. The maximum Gasteiger partial charge on any atom is 0.326 e. The molecule has 494 valence electrons. The molecule has 1 saturated heterocycles. The number of thioether (sulfide) groups is 2. The van der Waals surface area contributed by atoms with Crippen molar-refractivity contribution < 1.29 is 82.8 Å². The third-order valence-corrected chi connectivity index (χ3v) is 15.2. The summed E-state index contributed by atoms with van der Waals surface area (Å²) in [5, 5.41) is 64.9. The number of carboxylic acids is 3. The minimum Gasteiger partial charge on any atom is -0.481 e. The second-order valence-corrected chi connectivity index (χ2v) is 23.4. The number of carbonyl (C=O) groups is 13. The number of para-hydroxylation sites is 1. The maximum atomic E-state index is 14.7. The van der Waals surface area contributed by atoms with E-state index < -0.39 is 176 Å². The van der Waals surface area contributed by atoms with Crippen molar-refractivity contribution in [3.8, 4) is 0 Å². The zero-order chi connectivity index (χ0) is 66.3. The predicted molar refractivity (Wildman–Crippen MR) is 328 cm³/mol. The van der Waals surface area contributed by atoms with E-state index in [1.807, 2.05) is 0 Å². The smallest absolute Gasteiger partial charge is 0.326 e. The van der Waals surface area contributed by atoms with Crippen molar-refractivity contribution >= 4 is 117 Å². The van der Waals surface area contributed by atoms with Gasteiger partial charge >= 0.3 is 17.9 Å². The van der Waals surface area contributed by atoms with Crippen molar-refractivity contribution in [1.82, 2.24) is 58.2 Å². The van der Waals surface area contributed by atoms with E-state index >= 15 is 0 Å². The molecule has 89 heavy (non-hydrogen) atoms. The monoisotopic (exact) mass is 1290 g/mol. The lowest BCUT2D eigenvalue weighted by molar-refractivity contribution is -0.144. The number of hydrogen-bond donors (Lipinski definition) is 18. The zero-order valence-electron chi connectivity index (χ0n) is 50.1. The molecule has 1 aliphatic rings. The molecule has 1 fully saturated rings. The SMILES string of the molecule is CSCC[C@H](NC(=O)[C@H](CC(N)=O)NC(=O)[C@H](CCC(=O)O)NC(=O)[C@H](Cc1c[nH]c2ccccc12)NC(=O)[C@H](CCSC)NC(=O)[C@H](CO)NC(=O)[C@H](CC(C)C)NC(=O)[C@H](CCCN=C(N)N)NC(=O)[C@@H]1CCCN1)C(=O)N[C@@H](CCC(=O)O)C(=O)O. The number of aliphatic hydroxyl groups excluding tert-OH is 1. The van der Waals surface area contributed by atoms with Crippen LogP contribution in [-0.2, 0) is 68.7 Å². The number of benzene rings is 1. The van der Waals surface area contributed by atoms with E-state index in [9.17, 15) is 77.6 Å². The molecule has 0 bridgehead atoms. The van der Waals surface area contributed by atoms with Gasteiger partial charge in [-0.05, 0) is 106 Å². The summed E-state index contributed by atoms with van der Waals surface area (Å²) < 4.78 is 0. The quantitative estimate of drug-likeness (QED) is 0.0172. The molecule has 1 aliphatic heterocycles. The summed E-state index contributed by atoms with van der Waals surface area (Å²) in [6.07, 6.45) is 2.60. The molecule has 34 heteroatoms. The number of nitrogens with one attached hydrogen (secondary N) is 11. The number of nitrogens with zero attached hydrogens (tertiary/aromatic N) is 1. The second-order valence-electron chi connectivity index (χ2n) is 21.5. The van der Waals surface area contributed by atoms with Gasteiger partial charge in [-0.2, -0.15) is 23.5 Å². The summed E-state index contributed by atoms with van der Waals surface area (Å²) in [6, 6.07) is -7.85. The van der Waals surface area contributed by atoms with Crippen LogP contribution in [0.2, 0.25) is 0 Å². The van der Waals surface area contributed by atoms with Crippen molar-refractivity contribution in [3.63, 3.8) is 0 Å². The Morgan fingerprint density at radius 3 is 1.56 bits per heavy atom. The Kier molecular flexibility index (Phi) is 32.8. The van der Waals surface area contributed by atoms with Gasteiger partial charge in [-0.1, -0.05) is 32.0 Å². The Balaban J connectivity index is 1.95. The number of rotatable bonds is 42. The van der Waals surface area contributed by atoms with Crippen molar-refractivity contribution in [3.05, 3.63) is 36.0 Å². The van der Waals surface area contributed by atoms with E-state index in [1.54, 1.807) is 56.8 Å². The fraction of sp³-hybridized carbons (Fsp3) is 0.600. The van der Waals surface area contributed by atoms with Gasteiger partial charge in [0.2, 0.25) is 59.1 Å². The molecule has 0 saturated carbocycles. The largest absolute Gasteiger partial charge is 0.481 e. The first kappa shape index (κ1) is 75.0. The number of hydrogen-bond acceptors (Lipinski definition) is 18. The molecular formula is C55H85N15O17S2. The van der Waals surface area contributed by atoms with E-state index in [1.165, 1.54) is 23.5 Å². The highest BCUT2D eigenvalue weighted by molar-refractivity contribution is 7.98. The normalized spacial score (nSPS) is 15.8. The van der Waals surface area contributed by atoms with Crippen LogP contribution in [0.4, 0.5) is 0 Å². The number of fused-ring (bicyclic) bond motifs is 1. The summed E-state index contributed by atoms with van der Waals surface area (Å²) >= 11 is 2.51. The molecule has 32 nitrogen and oxygen atoms in total. The highest BCUT2D eigenvalue weighted by atomic mass is 32.2. The average molecular weight is 1290 g/mol. The van der Waals surface area contributed by atoms with Gasteiger partial charge in [0.15, 0.2) is 5.96 Å². The number of aliphatic imine (C=N–C) groups is 1. The van der Waals surface area contributed by atoms with Crippen molar-refractivity contribution in [2.75, 3.05) is 43.7 Å². The molecule has 1 aromatic heterocycles. The van der Waals surface area contributed by atoms with Crippen LogP contribution in [0.3, 0.4) is 0 Å². The molecule has 0 aliphatic carbocycles. The standard InChI is InChI=1S/C55H85N15O17S2/c1-28(2)23-38(67-46(78)33(12-8-20-60-55(57)58)62-45(77)32-11-7-19-59-32)50(82)70-41(27-71)53(85)65-36(18-22-89-4)49(81)68-39(24-29-26-61-31-10-6-5-9-30(29)31)51(83)63-34(13-15-43(73)74)47(79)69-40(25-42(56)72)52(84)64-35(17-21-88-3)48(80)66-37(54(86)87)14-16-44(75)76/h5-6,9-10,26,28,32-41,59,61,71H,7-8,11-25,27H2,1-4H3,(H2,56,72)(H,62,77)(H,63,83)(H,64,84)(H,65,85)(H,66,80)(H,67,78)(H,68,81)(H,69,79)(H,70,82)(H,73,74)(H,75,76)(H,86,87)(H4,57,58,60)/t32-,33-,34-,35-,36-,37-,38-,39-,40-,41-/m0/s1. The van der Waals surface area contributed by atoms with Crippen molar-refractivity contribution in [2.45, 2.75) is 158 Å². The fourth-order valence-electron chi connectivity index (χ4n) is 9.24. The Bertz CT molecular complexity index is 2810. The van der Waals surface area contributed by atoms with Gasteiger partial charge < -0.3 is 95.8 Å². The number of amides is 10. The van der Waals surface area contributed by atoms with Gasteiger partial charge in [-0.15, -0.1) is 0 Å². The number of nitrogens with two attached hydrogens (primary N) is 3. The number of primary amides is 1. The Morgan fingerprint density at radius 1 is 0.596 bits per heavy atom. The molecule has 2 heterocycles. The zero-order valence-corrected chi connectivity index (χ0v) is 51.7. The number of aromatic amines is 1. The van der Waals surface area contributed by atoms with Gasteiger partial charge in [0.1, 0.15) is 54.4 Å². The van der Waals surface area contributed by atoms with Gasteiger partial charge in [0, 0.05) is 42.9 Å². The minimum absolute atomic E-state index is 0.0355. The summed E-state index contributed by atoms with van der Waals surface area (Å²) in [4.78, 5) is 180. The first-order chi connectivity index (χ1) is 42.2. The molecule has 0 spiro atoms. The molecule has 10 amide bonds. The fourth-order valence-corrected chi connectivity index (χ4v) is 10.2. The third-order valence-electron chi connectivity index (χ3n) is 13.9. The highest BCUT2D eigenvalue weighted by Crippen LogP contribution is 2.20. The van der Waals surface area contributed by atoms with Crippen LogP contribution in [0, 0.1) is 5.92 Å². The number of carboxylic acid groups (broad SMARTS) is 3. The van der Waals surface area contributed by atoms with Crippen LogP contribution in [-0.4, -0.2) is 212 Å². The van der Waals surface area contributed by atoms with Crippen LogP contribution in [0.1, 0.15) is 96.5 Å². The third kappa shape index (κ3) is 27.0. The lowest BCUT2D eigenvalue weighted by atomic mass is 10.0. The molecule has 2 aromatic rings. The van der Waals surface area contributed by atoms with E-state index in [2.05, 4.69) is 63.1 Å². The van der Waals surface area contributed by atoms with Gasteiger partial charge in [0.25, 0.3) is 0 Å². The molecule has 0 unspecified atom stereocenters. The first-order valence-electron chi connectivity index (χ1n) is 28.8. The second kappa shape index (κ2) is 38.9. The number of guanidine groups is 1. The first-order valence-corrected chi connectivity index (χ1v) is 31.6. The number of aromatic nitrogens is 1. The number of H-pyrrole nitrogens is 1. The molecule has 3 rings (SSSR count). The molecule has 1 aromatic carbocycles. The van der Waals surface area contributed by atoms with Crippen LogP contribution in [0.15, 0.2) is 35.5 Å². The summed E-state index contributed by atoms with van der Waals surface area (Å²) in [6.45, 7) is 3.28. The van der Waals surface area contributed by atoms with E-state index in [0.717, 1.165) is 6.42 Å². The van der Waals surface area contributed by atoms with Crippen LogP contribution in [0.5, 0.6) is 0 Å². The van der Waals surface area contributed by atoms with E-state index in [4.69, 9.17) is 22.3 Å². The Morgan fingerprint density at radius 2 is 1.06 bits per heavy atom. The lowest BCUT2D eigenvalue weighted by Gasteiger charge is -2.28. The van der Waals surface area contributed by atoms with Gasteiger partial charge in [-0.3, -0.25) is 62.5 Å². The van der Waals surface area contributed by atoms with Crippen LogP contribution >= 0.6 is 23.5 Å². The topological polar surface area (TPSA) is 529 Å². The number of aliphatic hydroxyl groups is 1. The van der Waals surface area contributed by atoms with Crippen LogP contribution < -0.4 is 70.4 Å². The summed E-state index contributed by atoms with van der Waals surface area (Å²) in [5.41, 5.74) is 17.5. The molecule has 0 radical (unpaired) electrons. The lowest BCUT2D eigenvalue weighted by Crippen LogP contribution is -2.61. The van der Waals surface area contributed by atoms with Crippen molar-refractivity contribution in [2.24, 2.45) is 28.1 Å². The Labute approximate surface area is 521 Å². The van der Waals surface area contributed by atoms with Crippen LogP contribution in [0.25, 0.3) is 10.9 Å². The summed E-state index contributed by atoms with van der Waals surface area (Å²) in [5.74, 6) is -14.1. The highest BCUT2D eigenvalue weighted by Gasteiger charge is 2.37. The average Bonchev–Trinajstić information content (AvgIpc) is 2.27. The number of aliphatic carboxylic acids is 3. The molecular weight excluding hydrogens is 1210 g/mol. The van der Waals surface area contributed by atoms with E-state index in [-0.39, 0.29) is 68.5 Å². The molecule has 10 atom stereocenters. The summed E-state index contributed by atoms with van der Waals surface area (Å²) in [7, 11) is 0.